The monoisotopic (exact) mass is 351 g/mol. The molecule has 0 radical (unpaired) electrons. The zero-order chi connectivity index (χ0) is 17.9. The first-order valence-corrected chi connectivity index (χ1v) is 9.67. The summed E-state index contributed by atoms with van der Waals surface area (Å²) in [6, 6.07) is 19.0. The number of hydrogen-bond donors (Lipinski definition) is 4. The number of quaternary nitrogens is 2. The fourth-order valence-electron chi connectivity index (χ4n) is 4.33. The van der Waals surface area contributed by atoms with Gasteiger partial charge in [-0.2, -0.15) is 0 Å². The van der Waals surface area contributed by atoms with Crippen LogP contribution >= 0.6 is 0 Å². The Morgan fingerprint density at radius 2 is 1.58 bits per heavy atom. The molecule has 1 saturated heterocycles. The minimum Gasteiger partial charge on any atom is -0.382 e. The number of fused-ring (bicyclic) bond motifs is 1. The molecule has 0 saturated carbocycles. The Bertz CT molecular complexity index is 850. The first kappa shape index (κ1) is 17.3. The summed E-state index contributed by atoms with van der Waals surface area (Å²) in [5, 5.41) is 12.1. The Kier molecular flexibility index (Phi) is 5.07. The van der Waals surface area contributed by atoms with E-state index in [1.165, 1.54) is 23.6 Å². The molecule has 0 aliphatic carbocycles. The first-order valence-electron chi connectivity index (χ1n) is 9.67. The molecule has 0 spiro atoms. The maximum atomic E-state index is 10.9. The highest BCUT2D eigenvalue weighted by atomic mass is 16.3. The van der Waals surface area contributed by atoms with E-state index in [0.717, 1.165) is 48.3 Å². The number of hydrogen-bond acceptors (Lipinski definition) is 1. The lowest BCUT2D eigenvalue weighted by molar-refractivity contribution is -1.02. The van der Waals surface area contributed by atoms with Gasteiger partial charge in [-0.05, 0) is 13.0 Å². The van der Waals surface area contributed by atoms with Gasteiger partial charge >= 0.3 is 0 Å². The van der Waals surface area contributed by atoms with Gasteiger partial charge in [0, 0.05) is 27.7 Å². The average Bonchev–Trinajstić information content (AvgIpc) is 3.00. The minimum absolute atomic E-state index is 0.406. The van der Waals surface area contributed by atoms with Gasteiger partial charge in [-0.15, -0.1) is 0 Å². The van der Waals surface area contributed by atoms with Crippen LogP contribution < -0.4 is 9.80 Å². The molecule has 0 amide bonds. The van der Waals surface area contributed by atoms with E-state index in [2.05, 4.69) is 54.4 Å². The van der Waals surface area contributed by atoms with E-state index < -0.39 is 6.10 Å². The molecule has 3 aromatic rings. The SMILES string of the molecule is Cc1[nH]c2ccccc2c1[C@@H](O)C[NH+]1CC[NH+](Cc2ccccc2)CC1. The number of para-hydroxylation sites is 1. The maximum absolute atomic E-state index is 10.9. The van der Waals surface area contributed by atoms with Gasteiger partial charge in [0.1, 0.15) is 45.4 Å². The van der Waals surface area contributed by atoms with E-state index in [1.54, 1.807) is 4.90 Å². The van der Waals surface area contributed by atoms with Gasteiger partial charge in [0.05, 0.1) is 0 Å². The van der Waals surface area contributed by atoms with Crippen molar-refractivity contribution < 1.29 is 14.9 Å². The van der Waals surface area contributed by atoms with E-state index >= 15 is 0 Å². The van der Waals surface area contributed by atoms with Crippen molar-refractivity contribution in [1.82, 2.24) is 4.98 Å². The lowest BCUT2D eigenvalue weighted by Crippen LogP contribution is -3.27. The molecule has 4 nitrogen and oxygen atoms in total. The molecule has 0 bridgehead atoms. The predicted molar refractivity (Wildman–Crippen MR) is 104 cm³/mol. The van der Waals surface area contributed by atoms with Gasteiger partial charge in [0.2, 0.25) is 0 Å². The fourth-order valence-corrected chi connectivity index (χ4v) is 4.33. The molecule has 2 aromatic carbocycles. The fraction of sp³-hybridized carbons (Fsp3) is 0.364. The second-order valence-electron chi connectivity index (χ2n) is 7.59. The predicted octanol–water partition coefficient (Wildman–Crippen LogP) is 0.493. The van der Waals surface area contributed by atoms with Crippen molar-refractivity contribution in [2.75, 3.05) is 32.7 Å². The lowest BCUT2D eigenvalue weighted by Gasteiger charge is -2.31. The van der Waals surface area contributed by atoms with Gasteiger partial charge in [-0.3, -0.25) is 0 Å². The quantitative estimate of drug-likeness (QED) is 0.531. The summed E-state index contributed by atoms with van der Waals surface area (Å²) >= 11 is 0. The van der Waals surface area contributed by atoms with E-state index in [4.69, 9.17) is 0 Å². The van der Waals surface area contributed by atoms with Crippen LogP contribution in [0.2, 0.25) is 0 Å². The molecule has 1 aliphatic heterocycles. The number of aryl methyl sites for hydroxylation is 1. The third kappa shape index (κ3) is 3.68. The summed E-state index contributed by atoms with van der Waals surface area (Å²) in [5.41, 5.74) is 4.70. The molecule has 4 N–H and O–H groups in total. The Morgan fingerprint density at radius 3 is 2.35 bits per heavy atom. The summed E-state index contributed by atoms with van der Waals surface area (Å²) in [5.74, 6) is 0. The summed E-state index contributed by atoms with van der Waals surface area (Å²) in [7, 11) is 0. The van der Waals surface area contributed by atoms with Crippen molar-refractivity contribution in [3.8, 4) is 0 Å². The van der Waals surface area contributed by atoms with Gasteiger partial charge in [-0.1, -0.05) is 48.5 Å². The van der Waals surface area contributed by atoms with Crippen molar-refractivity contribution in [3.63, 3.8) is 0 Å². The normalized spacial score (nSPS) is 21.8. The number of aromatic amines is 1. The zero-order valence-corrected chi connectivity index (χ0v) is 15.5. The molecule has 1 aromatic heterocycles. The number of aromatic nitrogens is 1. The van der Waals surface area contributed by atoms with Crippen molar-refractivity contribution in [2.45, 2.75) is 19.6 Å². The van der Waals surface area contributed by atoms with E-state index in [9.17, 15) is 5.11 Å². The lowest BCUT2D eigenvalue weighted by atomic mass is 10.0. The molecule has 1 atom stereocenters. The zero-order valence-electron chi connectivity index (χ0n) is 15.5. The van der Waals surface area contributed by atoms with Crippen LogP contribution in [-0.4, -0.2) is 42.8 Å². The highest BCUT2D eigenvalue weighted by molar-refractivity contribution is 5.84. The molecule has 1 fully saturated rings. The summed E-state index contributed by atoms with van der Waals surface area (Å²) in [6.07, 6.45) is -0.406. The van der Waals surface area contributed by atoms with Crippen molar-refractivity contribution in [3.05, 3.63) is 71.4 Å². The molecule has 26 heavy (non-hydrogen) atoms. The van der Waals surface area contributed by atoms with E-state index in [-0.39, 0.29) is 0 Å². The molecule has 136 valence electrons. The van der Waals surface area contributed by atoms with Gasteiger partial charge in [0.15, 0.2) is 0 Å². The van der Waals surface area contributed by atoms with Crippen LogP contribution in [0.3, 0.4) is 0 Å². The number of rotatable bonds is 5. The molecule has 0 unspecified atom stereocenters. The van der Waals surface area contributed by atoms with Crippen LogP contribution in [-0.2, 0) is 6.54 Å². The van der Waals surface area contributed by atoms with Crippen molar-refractivity contribution in [2.24, 2.45) is 0 Å². The van der Waals surface area contributed by atoms with Gasteiger partial charge in [-0.25, -0.2) is 0 Å². The van der Waals surface area contributed by atoms with Gasteiger partial charge in [0.25, 0.3) is 0 Å². The highest BCUT2D eigenvalue weighted by Crippen LogP contribution is 2.26. The van der Waals surface area contributed by atoms with Crippen LogP contribution in [0.4, 0.5) is 0 Å². The molecule has 1 aliphatic rings. The summed E-state index contributed by atoms with van der Waals surface area (Å²) in [6.45, 7) is 8.56. The third-order valence-electron chi connectivity index (χ3n) is 5.72. The number of aliphatic hydroxyl groups excluding tert-OH is 1. The molecule has 4 rings (SSSR count). The van der Waals surface area contributed by atoms with Crippen LogP contribution in [0, 0.1) is 6.92 Å². The standard InChI is InChI=1S/C22H27N3O/c1-17-22(19-9-5-6-10-20(19)23-17)21(26)16-25-13-11-24(12-14-25)15-18-7-3-2-4-8-18/h2-10,21,23,26H,11-16H2,1H3/p+2/t21-/m0/s1. The number of H-pyrrole nitrogens is 1. The number of piperazine rings is 1. The number of benzene rings is 2. The van der Waals surface area contributed by atoms with Crippen LogP contribution in [0.25, 0.3) is 10.9 Å². The summed E-state index contributed by atoms with van der Waals surface area (Å²) < 4.78 is 0. The molecule has 2 heterocycles. The Labute approximate surface area is 155 Å². The Hall–Kier alpha value is -2.14. The topological polar surface area (TPSA) is 44.9 Å². The second kappa shape index (κ2) is 7.62. The molecular weight excluding hydrogens is 322 g/mol. The minimum atomic E-state index is -0.406. The van der Waals surface area contributed by atoms with Gasteiger partial charge < -0.3 is 19.9 Å². The molecular formula is C22H29N3O+2. The van der Waals surface area contributed by atoms with Crippen LogP contribution in [0.1, 0.15) is 22.9 Å². The van der Waals surface area contributed by atoms with Crippen LogP contribution in [0.15, 0.2) is 54.6 Å². The maximum Gasteiger partial charge on any atom is 0.130 e. The van der Waals surface area contributed by atoms with E-state index in [0.29, 0.717) is 0 Å². The largest absolute Gasteiger partial charge is 0.382 e. The number of aliphatic hydroxyl groups is 1. The van der Waals surface area contributed by atoms with Crippen molar-refractivity contribution in [1.29, 1.82) is 0 Å². The Balaban J connectivity index is 1.36. The summed E-state index contributed by atoms with van der Waals surface area (Å²) in [4.78, 5) is 6.57. The second-order valence-corrected chi connectivity index (χ2v) is 7.59. The first-order chi connectivity index (χ1) is 12.7. The van der Waals surface area contributed by atoms with Crippen LogP contribution in [0.5, 0.6) is 0 Å². The molecule has 4 heteroatoms. The number of nitrogens with one attached hydrogen (secondary N) is 3. The average molecular weight is 351 g/mol. The smallest absolute Gasteiger partial charge is 0.130 e. The Morgan fingerprint density at radius 1 is 0.923 bits per heavy atom. The third-order valence-corrected chi connectivity index (χ3v) is 5.72. The highest BCUT2D eigenvalue weighted by Gasteiger charge is 2.27. The van der Waals surface area contributed by atoms with Crippen molar-refractivity contribution >= 4 is 10.9 Å². The van der Waals surface area contributed by atoms with E-state index in [1.807, 2.05) is 12.1 Å².